The van der Waals surface area contributed by atoms with Crippen LogP contribution in [0.3, 0.4) is 0 Å². The largest absolute Gasteiger partial charge is 0.359 e. The van der Waals surface area contributed by atoms with Crippen LogP contribution >= 0.6 is 0 Å². The molecule has 0 aliphatic carbocycles. The molecular formula is C14H14FN3O2. The molecule has 0 atom stereocenters. The summed E-state index contributed by atoms with van der Waals surface area (Å²) in [5.74, 6) is -0.597. The number of carbonyl (C=O) groups excluding carboxylic acids is 2. The molecule has 0 fully saturated rings. The van der Waals surface area contributed by atoms with Gasteiger partial charge in [-0.05, 0) is 24.6 Å². The third-order valence-corrected chi connectivity index (χ3v) is 2.78. The van der Waals surface area contributed by atoms with Crippen molar-refractivity contribution in [3.8, 4) is 0 Å². The van der Waals surface area contributed by atoms with Crippen LogP contribution in [0.2, 0.25) is 0 Å². The van der Waals surface area contributed by atoms with E-state index in [0.29, 0.717) is 42.4 Å². The van der Waals surface area contributed by atoms with Crippen LogP contribution in [-0.4, -0.2) is 30.4 Å². The lowest BCUT2D eigenvalue weighted by molar-refractivity contribution is -0.109. The highest BCUT2D eigenvalue weighted by molar-refractivity contribution is 5.97. The normalized spacial score (nSPS) is 10.2. The minimum Gasteiger partial charge on any atom is -0.359 e. The van der Waals surface area contributed by atoms with Crippen molar-refractivity contribution < 1.29 is 14.0 Å². The monoisotopic (exact) mass is 275 g/mol. The molecule has 104 valence electrons. The Morgan fingerprint density at radius 3 is 2.95 bits per heavy atom. The van der Waals surface area contributed by atoms with Gasteiger partial charge in [0.1, 0.15) is 5.82 Å². The summed E-state index contributed by atoms with van der Waals surface area (Å²) in [5, 5.41) is 5.95. The molecule has 2 rings (SSSR count). The predicted molar refractivity (Wildman–Crippen MR) is 72.7 cm³/mol. The molecule has 2 amide bonds. The third kappa shape index (κ3) is 3.50. The summed E-state index contributed by atoms with van der Waals surface area (Å²) in [6.07, 6.45) is 2.69. The maximum Gasteiger partial charge on any atom is 0.252 e. The van der Waals surface area contributed by atoms with E-state index in [0.717, 1.165) is 0 Å². The van der Waals surface area contributed by atoms with Gasteiger partial charge in [-0.25, -0.2) is 4.39 Å². The van der Waals surface area contributed by atoms with Gasteiger partial charge in [0.25, 0.3) is 5.91 Å². The third-order valence-electron chi connectivity index (χ3n) is 2.78. The molecule has 0 spiro atoms. The van der Waals surface area contributed by atoms with Crippen LogP contribution in [-0.2, 0) is 4.79 Å². The molecule has 0 saturated carbocycles. The highest BCUT2D eigenvalue weighted by Gasteiger charge is 2.07. The number of hydrogen-bond acceptors (Lipinski definition) is 3. The second-order valence-electron chi connectivity index (χ2n) is 4.24. The summed E-state index contributed by atoms with van der Waals surface area (Å²) in [4.78, 5) is 26.0. The molecule has 20 heavy (non-hydrogen) atoms. The lowest BCUT2D eigenvalue weighted by atomic mass is 10.1. The molecule has 0 bridgehead atoms. The van der Waals surface area contributed by atoms with E-state index in [1.807, 2.05) is 0 Å². The zero-order valence-electron chi connectivity index (χ0n) is 10.7. The first-order valence-electron chi connectivity index (χ1n) is 6.21. The summed E-state index contributed by atoms with van der Waals surface area (Å²) < 4.78 is 13.0. The van der Waals surface area contributed by atoms with Gasteiger partial charge in [0.2, 0.25) is 6.41 Å². The number of carbonyl (C=O) groups is 2. The van der Waals surface area contributed by atoms with Crippen molar-refractivity contribution in [3.05, 3.63) is 41.8 Å². The fourth-order valence-electron chi connectivity index (χ4n) is 1.77. The SMILES string of the molecule is O=CNCCCNC(=O)c1cnc2cc(F)ccc2c1. The van der Waals surface area contributed by atoms with E-state index in [4.69, 9.17) is 0 Å². The first-order chi connectivity index (χ1) is 9.70. The molecule has 1 aromatic heterocycles. The zero-order valence-corrected chi connectivity index (χ0v) is 10.7. The van der Waals surface area contributed by atoms with Gasteiger partial charge in [-0.3, -0.25) is 14.6 Å². The first kappa shape index (κ1) is 13.9. The number of amides is 2. The average Bonchev–Trinajstić information content (AvgIpc) is 2.46. The smallest absolute Gasteiger partial charge is 0.252 e. The van der Waals surface area contributed by atoms with Crippen molar-refractivity contribution in [2.45, 2.75) is 6.42 Å². The fraction of sp³-hybridized carbons (Fsp3) is 0.214. The van der Waals surface area contributed by atoms with Gasteiger partial charge in [-0.2, -0.15) is 0 Å². The van der Waals surface area contributed by atoms with E-state index in [1.165, 1.54) is 18.3 Å². The molecule has 0 aliphatic heterocycles. The predicted octanol–water partition coefficient (Wildman–Crippen LogP) is 1.24. The van der Waals surface area contributed by atoms with E-state index in [2.05, 4.69) is 15.6 Å². The Morgan fingerprint density at radius 2 is 2.15 bits per heavy atom. The highest BCUT2D eigenvalue weighted by Crippen LogP contribution is 2.14. The number of nitrogens with zero attached hydrogens (tertiary/aromatic N) is 1. The second kappa shape index (κ2) is 6.60. The van der Waals surface area contributed by atoms with Gasteiger partial charge >= 0.3 is 0 Å². The standard InChI is InChI=1S/C14H14FN3O2/c15-12-3-2-10-6-11(8-18-13(10)7-12)14(20)17-5-1-4-16-9-19/h2-3,6-9H,1,4-5H2,(H,16,19)(H,17,20). The lowest BCUT2D eigenvalue weighted by Crippen LogP contribution is -2.27. The number of nitrogens with one attached hydrogen (secondary N) is 2. The Balaban J connectivity index is 1.99. The Bertz CT molecular complexity index is 631. The Kier molecular flexibility index (Phi) is 4.60. The molecule has 2 N–H and O–H groups in total. The minimum absolute atomic E-state index is 0.241. The zero-order chi connectivity index (χ0) is 14.4. The molecule has 0 saturated heterocycles. The van der Waals surface area contributed by atoms with Crippen LogP contribution in [0.15, 0.2) is 30.5 Å². The Morgan fingerprint density at radius 1 is 1.30 bits per heavy atom. The summed E-state index contributed by atoms with van der Waals surface area (Å²) >= 11 is 0. The number of hydrogen-bond donors (Lipinski definition) is 2. The Hall–Kier alpha value is -2.50. The van der Waals surface area contributed by atoms with Crippen LogP contribution in [0.1, 0.15) is 16.8 Å². The summed E-state index contributed by atoms with van der Waals surface area (Å²) in [5.41, 5.74) is 0.934. The van der Waals surface area contributed by atoms with Gasteiger partial charge in [0.05, 0.1) is 11.1 Å². The van der Waals surface area contributed by atoms with E-state index >= 15 is 0 Å². The van der Waals surface area contributed by atoms with Crippen molar-refractivity contribution in [2.75, 3.05) is 13.1 Å². The first-order valence-corrected chi connectivity index (χ1v) is 6.21. The van der Waals surface area contributed by atoms with Crippen molar-refractivity contribution >= 4 is 23.2 Å². The van der Waals surface area contributed by atoms with E-state index in [9.17, 15) is 14.0 Å². The molecule has 1 heterocycles. The van der Waals surface area contributed by atoms with Gasteiger partial charge in [0.15, 0.2) is 0 Å². The molecule has 6 heteroatoms. The molecule has 0 unspecified atom stereocenters. The molecule has 0 radical (unpaired) electrons. The topological polar surface area (TPSA) is 71.1 Å². The van der Waals surface area contributed by atoms with Crippen LogP contribution in [0.25, 0.3) is 10.9 Å². The fourth-order valence-corrected chi connectivity index (χ4v) is 1.77. The average molecular weight is 275 g/mol. The van der Waals surface area contributed by atoms with Crippen LogP contribution in [0, 0.1) is 5.82 Å². The molecular weight excluding hydrogens is 261 g/mol. The van der Waals surface area contributed by atoms with E-state index in [-0.39, 0.29) is 11.7 Å². The van der Waals surface area contributed by atoms with Crippen molar-refractivity contribution in [3.63, 3.8) is 0 Å². The molecule has 5 nitrogen and oxygen atoms in total. The van der Waals surface area contributed by atoms with E-state index < -0.39 is 0 Å². The van der Waals surface area contributed by atoms with Crippen LogP contribution in [0.4, 0.5) is 4.39 Å². The minimum atomic E-state index is -0.357. The molecule has 2 aromatic rings. The number of fused-ring (bicyclic) bond motifs is 1. The number of aromatic nitrogens is 1. The number of pyridine rings is 1. The summed E-state index contributed by atoms with van der Waals surface area (Å²) in [7, 11) is 0. The number of benzene rings is 1. The number of rotatable bonds is 6. The summed E-state index contributed by atoms with van der Waals surface area (Å²) in [6, 6.07) is 5.90. The quantitative estimate of drug-likeness (QED) is 0.615. The maximum atomic E-state index is 13.0. The Labute approximate surface area is 115 Å². The van der Waals surface area contributed by atoms with Gasteiger partial charge in [-0.15, -0.1) is 0 Å². The van der Waals surface area contributed by atoms with Crippen molar-refractivity contribution in [1.82, 2.24) is 15.6 Å². The molecule has 1 aromatic carbocycles. The maximum absolute atomic E-state index is 13.0. The van der Waals surface area contributed by atoms with Crippen LogP contribution < -0.4 is 10.6 Å². The highest BCUT2D eigenvalue weighted by atomic mass is 19.1. The summed E-state index contributed by atoms with van der Waals surface area (Å²) in [6.45, 7) is 0.972. The van der Waals surface area contributed by atoms with Gasteiger partial charge in [0, 0.05) is 30.7 Å². The van der Waals surface area contributed by atoms with Crippen molar-refractivity contribution in [1.29, 1.82) is 0 Å². The van der Waals surface area contributed by atoms with Crippen LogP contribution in [0.5, 0.6) is 0 Å². The second-order valence-corrected chi connectivity index (χ2v) is 4.24. The lowest BCUT2D eigenvalue weighted by Gasteiger charge is -2.05. The van der Waals surface area contributed by atoms with Crippen molar-refractivity contribution in [2.24, 2.45) is 0 Å². The molecule has 0 aliphatic rings. The van der Waals surface area contributed by atoms with Gasteiger partial charge in [-0.1, -0.05) is 0 Å². The van der Waals surface area contributed by atoms with Gasteiger partial charge < -0.3 is 10.6 Å². The van der Waals surface area contributed by atoms with E-state index in [1.54, 1.807) is 12.1 Å². The number of halogens is 1.